The number of carboxylic acids is 1. The molecule has 0 heterocycles. The molecule has 3 atom stereocenters. The Labute approximate surface area is 147 Å². The normalized spacial score (nSPS) is 14.8. The molecular weight excluding hydrogens is 330 g/mol. The smallest absolute Gasteiger partial charge is 0.408 e. The molecule has 5 N–H and O–H groups in total. The number of carbonyl (C=O) groups excluding carboxylic acids is 3. The van der Waals surface area contributed by atoms with Crippen LogP contribution in [0.3, 0.4) is 0 Å². The van der Waals surface area contributed by atoms with Gasteiger partial charge in [-0.05, 0) is 33.1 Å². The van der Waals surface area contributed by atoms with Crippen molar-refractivity contribution in [3.63, 3.8) is 0 Å². The zero-order valence-corrected chi connectivity index (χ0v) is 15.4. The largest absolute Gasteiger partial charge is 0.481 e. The van der Waals surface area contributed by atoms with Crippen molar-refractivity contribution in [2.24, 2.45) is 11.7 Å². The maximum Gasteiger partial charge on any atom is 0.408 e. The van der Waals surface area contributed by atoms with E-state index in [2.05, 4.69) is 10.6 Å². The number of nitrogens with one attached hydrogen (secondary N) is 2. The van der Waals surface area contributed by atoms with Gasteiger partial charge < -0.3 is 26.2 Å². The van der Waals surface area contributed by atoms with Gasteiger partial charge in [-0.15, -0.1) is 0 Å². The van der Waals surface area contributed by atoms with Gasteiger partial charge in [0, 0.05) is 6.42 Å². The molecule has 0 radical (unpaired) electrons. The quantitative estimate of drug-likeness (QED) is 0.478. The van der Waals surface area contributed by atoms with Gasteiger partial charge in [-0.25, -0.2) is 4.79 Å². The molecule has 0 aliphatic carbocycles. The van der Waals surface area contributed by atoms with Crippen molar-refractivity contribution in [2.45, 2.75) is 71.6 Å². The summed E-state index contributed by atoms with van der Waals surface area (Å²) < 4.78 is 5.15. The van der Waals surface area contributed by atoms with E-state index in [-0.39, 0.29) is 18.8 Å². The number of primary amides is 1. The third-order valence-corrected chi connectivity index (χ3v) is 3.47. The van der Waals surface area contributed by atoms with E-state index in [9.17, 15) is 19.2 Å². The number of aliphatic carboxylic acids is 1. The maximum absolute atomic E-state index is 12.5. The van der Waals surface area contributed by atoms with Crippen molar-refractivity contribution in [1.29, 1.82) is 0 Å². The van der Waals surface area contributed by atoms with E-state index in [4.69, 9.17) is 15.6 Å². The molecule has 25 heavy (non-hydrogen) atoms. The van der Waals surface area contributed by atoms with Gasteiger partial charge in [0.25, 0.3) is 0 Å². The molecule has 0 aromatic heterocycles. The second-order valence-corrected chi connectivity index (χ2v) is 6.91. The van der Waals surface area contributed by atoms with Crippen molar-refractivity contribution < 1.29 is 29.0 Å². The number of hydrogen-bond donors (Lipinski definition) is 4. The molecule has 0 aliphatic rings. The molecule has 0 aromatic carbocycles. The number of ether oxygens (including phenoxy) is 1. The van der Waals surface area contributed by atoms with Crippen LogP contribution in [0, 0.1) is 5.92 Å². The first-order valence-corrected chi connectivity index (χ1v) is 8.18. The van der Waals surface area contributed by atoms with Crippen molar-refractivity contribution >= 4 is 23.9 Å². The highest BCUT2D eigenvalue weighted by Gasteiger charge is 2.30. The Morgan fingerprint density at radius 1 is 1.16 bits per heavy atom. The minimum Gasteiger partial charge on any atom is -0.481 e. The Morgan fingerprint density at radius 2 is 1.72 bits per heavy atom. The molecule has 144 valence electrons. The number of carboxylic acid groups (broad SMARTS) is 1. The number of carbonyl (C=O) groups is 4. The average molecular weight is 359 g/mol. The molecule has 0 saturated carbocycles. The van der Waals surface area contributed by atoms with Gasteiger partial charge in [0.15, 0.2) is 0 Å². The van der Waals surface area contributed by atoms with Crippen molar-refractivity contribution in [1.82, 2.24) is 10.6 Å². The van der Waals surface area contributed by atoms with Crippen LogP contribution in [0.4, 0.5) is 4.79 Å². The standard InChI is InChI=1S/C16H29N3O6/c1-6-9(2)12(19-15(24)25-16(3,4)5)14(23)18-10(13(17)22)7-8-11(20)21/h9-10,12H,6-8H2,1-5H3,(H2,17,22)(H,18,23)(H,19,24)(H,20,21). The van der Waals surface area contributed by atoms with Crippen LogP contribution in [0.5, 0.6) is 0 Å². The van der Waals surface area contributed by atoms with Crippen molar-refractivity contribution in [2.75, 3.05) is 0 Å². The van der Waals surface area contributed by atoms with Crippen LogP contribution in [0.15, 0.2) is 0 Å². The lowest BCUT2D eigenvalue weighted by Crippen LogP contribution is -2.55. The fraction of sp³-hybridized carbons (Fsp3) is 0.750. The molecule has 0 rings (SSSR count). The van der Waals surface area contributed by atoms with Crippen LogP contribution in [0.25, 0.3) is 0 Å². The van der Waals surface area contributed by atoms with Gasteiger partial charge in [0.05, 0.1) is 0 Å². The average Bonchev–Trinajstić information content (AvgIpc) is 2.45. The first-order chi connectivity index (χ1) is 11.4. The molecule has 0 spiro atoms. The second-order valence-electron chi connectivity index (χ2n) is 6.91. The van der Waals surface area contributed by atoms with E-state index in [0.717, 1.165) is 0 Å². The third-order valence-electron chi connectivity index (χ3n) is 3.47. The highest BCUT2D eigenvalue weighted by molar-refractivity contribution is 5.91. The zero-order valence-electron chi connectivity index (χ0n) is 15.4. The first-order valence-electron chi connectivity index (χ1n) is 8.18. The van der Waals surface area contributed by atoms with Crippen LogP contribution in [0.2, 0.25) is 0 Å². The molecule has 0 bridgehead atoms. The molecule has 0 aromatic rings. The summed E-state index contributed by atoms with van der Waals surface area (Å²) in [6, 6.07) is -2.07. The Balaban J connectivity index is 5.06. The number of alkyl carbamates (subject to hydrolysis) is 1. The topological polar surface area (TPSA) is 148 Å². The van der Waals surface area contributed by atoms with E-state index >= 15 is 0 Å². The van der Waals surface area contributed by atoms with Gasteiger partial charge in [-0.1, -0.05) is 20.3 Å². The number of rotatable bonds is 9. The Hall–Kier alpha value is -2.32. The lowest BCUT2D eigenvalue weighted by molar-refractivity contribution is -0.138. The number of nitrogens with two attached hydrogens (primary N) is 1. The molecule has 3 unspecified atom stereocenters. The lowest BCUT2D eigenvalue weighted by atomic mass is 9.98. The highest BCUT2D eigenvalue weighted by atomic mass is 16.6. The summed E-state index contributed by atoms with van der Waals surface area (Å²) in [4.78, 5) is 46.5. The molecule has 3 amide bonds. The monoisotopic (exact) mass is 359 g/mol. The summed E-state index contributed by atoms with van der Waals surface area (Å²) in [7, 11) is 0. The minimum absolute atomic E-state index is 0.129. The molecule has 9 heteroatoms. The van der Waals surface area contributed by atoms with Gasteiger partial charge in [-0.2, -0.15) is 0 Å². The SMILES string of the molecule is CCC(C)C(NC(=O)OC(C)(C)C)C(=O)NC(CCC(=O)O)C(N)=O. The van der Waals surface area contributed by atoms with E-state index in [1.54, 1.807) is 27.7 Å². The van der Waals surface area contributed by atoms with Gasteiger partial charge in [-0.3, -0.25) is 14.4 Å². The van der Waals surface area contributed by atoms with Crippen LogP contribution in [-0.4, -0.2) is 46.7 Å². The molecule has 0 fully saturated rings. The minimum atomic E-state index is -1.13. The summed E-state index contributed by atoms with van der Waals surface area (Å²) in [5, 5.41) is 13.6. The maximum atomic E-state index is 12.5. The van der Waals surface area contributed by atoms with Crippen LogP contribution >= 0.6 is 0 Å². The Kier molecular flexibility index (Phi) is 8.94. The van der Waals surface area contributed by atoms with E-state index in [0.29, 0.717) is 6.42 Å². The molecule has 0 aliphatic heterocycles. The Morgan fingerprint density at radius 3 is 2.12 bits per heavy atom. The second kappa shape index (κ2) is 9.85. The van der Waals surface area contributed by atoms with Gasteiger partial charge >= 0.3 is 12.1 Å². The first kappa shape index (κ1) is 22.7. The van der Waals surface area contributed by atoms with Crippen molar-refractivity contribution in [3.8, 4) is 0 Å². The Bertz CT molecular complexity index is 501. The van der Waals surface area contributed by atoms with Gasteiger partial charge in [0.2, 0.25) is 11.8 Å². The molecular formula is C16H29N3O6. The highest BCUT2D eigenvalue weighted by Crippen LogP contribution is 2.12. The van der Waals surface area contributed by atoms with Gasteiger partial charge in [0.1, 0.15) is 17.7 Å². The number of amides is 3. The molecule has 0 saturated heterocycles. The summed E-state index contributed by atoms with van der Waals surface area (Å²) in [6.07, 6.45) is -0.615. The predicted molar refractivity (Wildman–Crippen MR) is 90.6 cm³/mol. The van der Waals surface area contributed by atoms with E-state index < -0.39 is 41.6 Å². The fourth-order valence-electron chi connectivity index (χ4n) is 1.95. The van der Waals surface area contributed by atoms with E-state index in [1.165, 1.54) is 0 Å². The van der Waals surface area contributed by atoms with Crippen LogP contribution in [-0.2, 0) is 19.1 Å². The van der Waals surface area contributed by atoms with Crippen LogP contribution < -0.4 is 16.4 Å². The predicted octanol–water partition coefficient (Wildman–Crippen LogP) is 0.761. The van der Waals surface area contributed by atoms with Crippen LogP contribution in [0.1, 0.15) is 53.9 Å². The third kappa shape index (κ3) is 9.53. The van der Waals surface area contributed by atoms with Crippen molar-refractivity contribution in [3.05, 3.63) is 0 Å². The zero-order chi connectivity index (χ0) is 19.8. The van der Waals surface area contributed by atoms with E-state index in [1.807, 2.05) is 6.92 Å². The summed E-state index contributed by atoms with van der Waals surface area (Å²) in [5.74, 6) is -2.80. The molecule has 9 nitrogen and oxygen atoms in total. The summed E-state index contributed by atoms with van der Waals surface area (Å²) in [5.41, 5.74) is 4.48. The summed E-state index contributed by atoms with van der Waals surface area (Å²) >= 11 is 0. The summed E-state index contributed by atoms with van der Waals surface area (Å²) in [6.45, 7) is 8.69. The lowest BCUT2D eigenvalue weighted by Gasteiger charge is -2.27. The number of hydrogen-bond acceptors (Lipinski definition) is 5. The fourth-order valence-corrected chi connectivity index (χ4v) is 1.95.